The third-order valence-electron chi connectivity index (χ3n) is 2.38. The highest BCUT2D eigenvalue weighted by molar-refractivity contribution is 5.89. The summed E-state index contributed by atoms with van der Waals surface area (Å²) in [5, 5.41) is 8.63. The zero-order chi connectivity index (χ0) is 13.4. The smallest absolute Gasteiger partial charge is 0.338 e. The van der Waals surface area contributed by atoms with Crippen molar-refractivity contribution in [1.82, 2.24) is 0 Å². The van der Waals surface area contributed by atoms with Crippen molar-refractivity contribution >= 4 is 5.97 Å². The molecule has 1 aromatic carbocycles. The number of hydrogen-bond acceptors (Lipinski definition) is 4. The first kappa shape index (κ1) is 14.0. The summed E-state index contributed by atoms with van der Waals surface area (Å²) in [5.74, 6) is 0.375. The molecule has 0 saturated carbocycles. The highest BCUT2D eigenvalue weighted by Gasteiger charge is 2.11. The van der Waals surface area contributed by atoms with E-state index in [1.807, 2.05) is 6.92 Å². The largest absolute Gasteiger partial charge is 0.494 e. The zero-order valence-electron chi connectivity index (χ0n) is 10.7. The van der Waals surface area contributed by atoms with Crippen LogP contribution in [0.15, 0.2) is 18.2 Å². The number of ether oxygens (including phenoxy) is 2. The van der Waals surface area contributed by atoms with Gasteiger partial charge in [0.2, 0.25) is 0 Å². The Morgan fingerprint density at radius 3 is 2.72 bits per heavy atom. The lowest BCUT2D eigenvalue weighted by Gasteiger charge is -2.10. The van der Waals surface area contributed by atoms with E-state index in [2.05, 4.69) is 6.07 Å². The minimum Gasteiger partial charge on any atom is -0.494 e. The molecule has 0 aliphatic heterocycles. The van der Waals surface area contributed by atoms with Gasteiger partial charge in [0.25, 0.3) is 0 Å². The third-order valence-corrected chi connectivity index (χ3v) is 2.38. The molecule has 0 radical (unpaired) electrons. The number of esters is 1. The van der Waals surface area contributed by atoms with Gasteiger partial charge in [-0.25, -0.2) is 4.79 Å². The molecule has 0 bridgehead atoms. The summed E-state index contributed by atoms with van der Waals surface area (Å²) in [7, 11) is 0. The first-order chi connectivity index (χ1) is 8.72. The number of hydrogen-bond donors (Lipinski definition) is 0. The summed E-state index contributed by atoms with van der Waals surface area (Å²) in [4.78, 5) is 11.6. The quantitative estimate of drug-likeness (QED) is 0.725. The van der Waals surface area contributed by atoms with E-state index in [4.69, 9.17) is 14.7 Å². The number of nitriles is 1. The first-order valence-electron chi connectivity index (χ1n) is 6.02. The van der Waals surface area contributed by atoms with Gasteiger partial charge in [-0.1, -0.05) is 0 Å². The molecule has 0 saturated heterocycles. The topological polar surface area (TPSA) is 59.3 Å². The summed E-state index contributed by atoms with van der Waals surface area (Å²) < 4.78 is 10.4. The lowest BCUT2D eigenvalue weighted by atomic mass is 10.1. The van der Waals surface area contributed by atoms with Crippen molar-refractivity contribution in [1.29, 1.82) is 5.26 Å². The average Bonchev–Trinajstić information content (AvgIpc) is 2.38. The summed E-state index contributed by atoms with van der Waals surface area (Å²) in [6.07, 6.45) is 0.964. The van der Waals surface area contributed by atoms with Crippen LogP contribution in [0, 0.1) is 11.3 Å². The number of nitrogens with zero attached hydrogens (tertiary/aromatic N) is 1. The Bertz CT molecular complexity index is 449. The average molecular weight is 247 g/mol. The molecule has 18 heavy (non-hydrogen) atoms. The molecule has 96 valence electrons. The second-order valence-corrected chi connectivity index (χ2v) is 3.63. The van der Waals surface area contributed by atoms with Gasteiger partial charge in [-0.3, -0.25) is 0 Å². The van der Waals surface area contributed by atoms with Crippen molar-refractivity contribution in [3.05, 3.63) is 29.3 Å². The molecule has 4 nitrogen and oxygen atoms in total. The second-order valence-electron chi connectivity index (χ2n) is 3.63. The van der Waals surface area contributed by atoms with Gasteiger partial charge in [0, 0.05) is 6.42 Å². The summed E-state index contributed by atoms with van der Waals surface area (Å²) in [5.41, 5.74) is 1.36. The third kappa shape index (κ3) is 3.77. The van der Waals surface area contributed by atoms with Gasteiger partial charge in [-0.05, 0) is 44.0 Å². The maximum absolute atomic E-state index is 11.6. The number of aryl methyl sites for hydroxylation is 1. The number of carbonyl (C=O) groups is 1. The second kappa shape index (κ2) is 7.33. The number of benzene rings is 1. The maximum Gasteiger partial charge on any atom is 0.338 e. The molecule has 0 aromatic heterocycles. The van der Waals surface area contributed by atoms with Gasteiger partial charge in [-0.2, -0.15) is 5.26 Å². The van der Waals surface area contributed by atoms with Crippen LogP contribution in [0.5, 0.6) is 5.75 Å². The summed E-state index contributed by atoms with van der Waals surface area (Å²) >= 11 is 0. The molecule has 0 atom stereocenters. The van der Waals surface area contributed by atoms with Crippen molar-refractivity contribution in [2.75, 3.05) is 13.2 Å². The standard InChI is InChI=1S/C14H17NO3/c1-3-17-13-8-7-12(14(16)18-4-2)10-11(13)6-5-9-15/h7-8,10H,3-6H2,1-2H3. The van der Waals surface area contributed by atoms with Crippen molar-refractivity contribution in [2.45, 2.75) is 26.7 Å². The molecule has 1 rings (SSSR count). The van der Waals surface area contributed by atoms with E-state index in [1.165, 1.54) is 0 Å². The summed E-state index contributed by atoms with van der Waals surface area (Å²) in [6.45, 7) is 4.56. The van der Waals surface area contributed by atoms with E-state index >= 15 is 0 Å². The first-order valence-corrected chi connectivity index (χ1v) is 6.02. The van der Waals surface area contributed by atoms with Crippen LogP contribution in [0.25, 0.3) is 0 Å². The Kier molecular flexibility index (Phi) is 5.72. The van der Waals surface area contributed by atoms with Crippen molar-refractivity contribution in [2.24, 2.45) is 0 Å². The molecular formula is C14H17NO3. The molecule has 4 heteroatoms. The Morgan fingerprint density at radius 1 is 1.33 bits per heavy atom. The minimum absolute atomic E-state index is 0.347. The van der Waals surface area contributed by atoms with E-state index in [1.54, 1.807) is 25.1 Å². The summed E-state index contributed by atoms with van der Waals surface area (Å²) in [6, 6.07) is 7.26. The monoisotopic (exact) mass is 247 g/mol. The Labute approximate surface area is 107 Å². The van der Waals surface area contributed by atoms with E-state index in [9.17, 15) is 4.79 Å². The van der Waals surface area contributed by atoms with Crippen LogP contribution in [-0.2, 0) is 11.2 Å². The minimum atomic E-state index is -0.348. The lowest BCUT2D eigenvalue weighted by Crippen LogP contribution is -2.06. The van der Waals surface area contributed by atoms with Crippen LogP contribution in [0.2, 0.25) is 0 Å². The van der Waals surface area contributed by atoms with E-state index in [0.717, 1.165) is 11.3 Å². The highest BCUT2D eigenvalue weighted by atomic mass is 16.5. The van der Waals surface area contributed by atoms with E-state index in [-0.39, 0.29) is 5.97 Å². The van der Waals surface area contributed by atoms with Crippen LogP contribution in [0.1, 0.15) is 36.2 Å². The lowest BCUT2D eigenvalue weighted by molar-refractivity contribution is 0.0526. The zero-order valence-corrected chi connectivity index (χ0v) is 10.7. The van der Waals surface area contributed by atoms with Crippen molar-refractivity contribution in [3.8, 4) is 11.8 Å². The SMILES string of the molecule is CCOC(=O)c1ccc(OCC)c(CCC#N)c1. The van der Waals surface area contributed by atoms with Crippen LogP contribution < -0.4 is 4.74 Å². The van der Waals surface area contributed by atoms with Gasteiger partial charge in [0.1, 0.15) is 5.75 Å². The van der Waals surface area contributed by atoms with Crippen LogP contribution in [0.4, 0.5) is 0 Å². The van der Waals surface area contributed by atoms with Gasteiger partial charge in [0.15, 0.2) is 0 Å². The van der Waals surface area contributed by atoms with Gasteiger partial charge in [0.05, 0.1) is 24.8 Å². The van der Waals surface area contributed by atoms with Gasteiger partial charge < -0.3 is 9.47 Å². The molecule has 0 amide bonds. The predicted octanol–water partition coefficient (Wildman–Crippen LogP) is 2.72. The van der Waals surface area contributed by atoms with Gasteiger partial charge in [-0.15, -0.1) is 0 Å². The molecule has 0 unspecified atom stereocenters. The fraction of sp³-hybridized carbons (Fsp3) is 0.429. The fourth-order valence-corrected chi connectivity index (χ4v) is 1.60. The molecule has 0 N–H and O–H groups in total. The van der Waals surface area contributed by atoms with Gasteiger partial charge >= 0.3 is 5.97 Å². The number of rotatable bonds is 6. The molecule has 1 aromatic rings. The molecule has 0 aliphatic carbocycles. The van der Waals surface area contributed by atoms with E-state index in [0.29, 0.717) is 31.6 Å². The molecule has 0 fully saturated rings. The maximum atomic E-state index is 11.6. The van der Waals surface area contributed by atoms with E-state index < -0.39 is 0 Å². The Morgan fingerprint density at radius 2 is 2.11 bits per heavy atom. The normalized spacial score (nSPS) is 9.61. The highest BCUT2D eigenvalue weighted by Crippen LogP contribution is 2.22. The number of carbonyl (C=O) groups excluding carboxylic acids is 1. The molecular weight excluding hydrogens is 230 g/mol. The Hall–Kier alpha value is -2.02. The van der Waals surface area contributed by atoms with Crippen molar-refractivity contribution in [3.63, 3.8) is 0 Å². The molecule has 0 spiro atoms. The van der Waals surface area contributed by atoms with Crippen LogP contribution >= 0.6 is 0 Å². The Balaban J connectivity index is 2.97. The van der Waals surface area contributed by atoms with Crippen molar-refractivity contribution < 1.29 is 14.3 Å². The predicted molar refractivity (Wildman–Crippen MR) is 67.5 cm³/mol. The fourth-order valence-electron chi connectivity index (χ4n) is 1.60. The van der Waals surface area contributed by atoms with Crippen LogP contribution in [-0.4, -0.2) is 19.2 Å². The molecule has 0 heterocycles. The molecule has 0 aliphatic rings. The van der Waals surface area contributed by atoms with Crippen LogP contribution in [0.3, 0.4) is 0 Å².